The molecule has 2 aromatic rings. The number of nitrogens with zero attached hydrogens (tertiary/aromatic N) is 2. The third kappa shape index (κ3) is 4.14. The number of aromatic amines is 1. The molecule has 138 valence electrons. The molecule has 1 atom stereocenters. The van der Waals surface area contributed by atoms with Crippen molar-refractivity contribution in [2.45, 2.75) is 31.7 Å². The number of ether oxygens (including phenoxy) is 1. The Morgan fingerprint density at radius 2 is 2.12 bits per heavy atom. The summed E-state index contributed by atoms with van der Waals surface area (Å²) < 4.78 is 5.38. The average Bonchev–Trinajstić information content (AvgIpc) is 3.05. The van der Waals surface area contributed by atoms with Crippen LogP contribution in [0.5, 0.6) is 0 Å². The second-order valence-electron chi connectivity index (χ2n) is 7.08. The van der Waals surface area contributed by atoms with E-state index < -0.39 is 0 Å². The van der Waals surface area contributed by atoms with Crippen molar-refractivity contribution < 1.29 is 4.74 Å². The van der Waals surface area contributed by atoms with Crippen LogP contribution in [-0.2, 0) is 17.6 Å². The van der Waals surface area contributed by atoms with Crippen LogP contribution in [0.15, 0.2) is 35.1 Å². The highest BCUT2D eigenvalue weighted by atomic mass is 16.5. The van der Waals surface area contributed by atoms with Crippen molar-refractivity contribution in [3.8, 4) is 0 Å². The second-order valence-corrected chi connectivity index (χ2v) is 7.08. The largest absolute Gasteiger partial charge is 0.379 e. The number of benzene rings is 1. The normalized spacial score (nSPS) is 20.1. The van der Waals surface area contributed by atoms with Crippen molar-refractivity contribution in [1.82, 2.24) is 14.9 Å². The molecule has 26 heavy (non-hydrogen) atoms. The molecule has 0 unspecified atom stereocenters. The Hall–Kier alpha value is -2.18. The number of anilines is 1. The van der Waals surface area contributed by atoms with Gasteiger partial charge in [-0.1, -0.05) is 24.3 Å². The van der Waals surface area contributed by atoms with Crippen LogP contribution < -0.4 is 10.9 Å². The zero-order chi connectivity index (χ0) is 17.8. The molecular weight excluding hydrogens is 328 g/mol. The first-order chi connectivity index (χ1) is 12.8. The van der Waals surface area contributed by atoms with E-state index in [9.17, 15) is 4.79 Å². The van der Waals surface area contributed by atoms with Crippen LogP contribution in [-0.4, -0.2) is 47.7 Å². The lowest BCUT2D eigenvalue weighted by Gasteiger charge is -2.26. The molecule has 0 amide bonds. The Balaban J connectivity index is 1.38. The number of aryl methyl sites for hydroxylation is 2. The molecule has 0 radical (unpaired) electrons. The van der Waals surface area contributed by atoms with Crippen molar-refractivity contribution in [2.75, 3.05) is 38.2 Å². The van der Waals surface area contributed by atoms with Gasteiger partial charge in [0.2, 0.25) is 5.95 Å². The third-order valence-corrected chi connectivity index (χ3v) is 5.25. The van der Waals surface area contributed by atoms with Gasteiger partial charge in [0, 0.05) is 24.8 Å². The van der Waals surface area contributed by atoms with Gasteiger partial charge in [-0.25, -0.2) is 4.98 Å². The second kappa shape index (κ2) is 8.01. The summed E-state index contributed by atoms with van der Waals surface area (Å²) in [7, 11) is 0. The highest BCUT2D eigenvalue weighted by Crippen LogP contribution is 2.32. The first kappa shape index (κ1) is 17.2. The van der Waals surface area contributed by atoms with Gasteiger partial charge in [-0.3, -0.25) is 14.7 Å². The van der Waals surface area contributed by atoms with E-state index in [4.69, 9.17) is 4.74 Å². The van der Waals surface area contributed by atoms with E-state index in [1.807, 2.05) is 0 Å². The molecule has 1 fully saturated rings. The van der Waals surface area contributed by atoms with Gasteiger partial charge in [-0.15, -0.1) is 0 Å². The molecular formula is C20H26N4O2. The first-order valence-corrected chi connectivity index (χ1v) is 9.52. The van der Waals surface area contributed by atoms with Gasteiger partial charge in [0.15, 0.2) is 0 Å². The maximum atomic E-state index is 12.0. The highest BCUT2D eigenvalue weighted by Gasteiger charge is 2.22. The van der Waals surface area contributed by atoms with Crippen LogP contribution in [0, 0.1) is 0 Å². The Labute approximate surface area is 153 Å². The fourth-order valence-corrected chi connectivity index (χ4v) is 3.89. The summed E-state index contributed by atoms with van der Waals surface area (Å²) in [6.07, 6.45) is 3.92. The number of H-pyrrole nitrogens is 1. The van der Waals surface area contributed by atoms with E-state index in [0.29, 0.717) is 5.95 Å². The number of fused-ring (bicyclic) bond motifs is 1. The van der Waals surface area contributed by atoms with E-state index in [-0.39, 0.29) is 11.6 Å². The van der Waals surface area contributed by atoms with E-state index in [1.54, 1.807) is 6.07 Å². The van der Waals surface area contributed by atoms with Gasteiger partial charge >= 0.3 is 0 Å². The summed E-state index contributed by atoms with van der Waals surface area (Å²) in [5.74, 6) is 0.584. The van der Waals surface area contributed by atoms with E-state index in [1.165, 1.54) is 11.1 Å². The molecule has 2 heterocycles. The Kier molecular flexibility index (Phi) is 5.32. The Morgan fingerprint density at radius 3 is 3.00 bits per heavy atom. The zero-order valence-corrected chi connectivity index (χ0v) is 15.0. The number of nitrogens with one attached hydrogen (secondary N) is 2. The van der Waals surface area contributed by atoms with Gasteiger partial charge in [-0.2, -0.15) is 0 Å². The molecule has 2 aliphatic rings. The molecule has 1 aromatic carbocycles. The fraction of sp³-hybridized carbons (Fsp3) is 0.500. The smallest absolute Gasteiger partial charge is 0.252 e. The lowest BCUT2D eigenvalue weighted by molar-refractivity contribution is 0.0374. The Morgan fingerprint density at radius 1 is 1.27 bits per heavy atom. The van der Waals surface area contributed by atoms with E-state index >= 15 is 0 Å². The summed E-state index contributed by atoms with van der Waals surface area (Å²) in [5.41, 5.74) is 3.47. The predicted molar refractivity (Wildman–Crippen MR) is 102 cm³/mol. The van der Waals surface area contributed by atoms with Crippen molar-refractivity contribution in [2.24, 2.45) is 0 Å². The molecule has 6 nitrogen and oxygen atoms in total. The van der Waals surface area contributed by atoms with Gasteiger partial charge in [-0.05, 0) is 43.4 Å². The summed E-state index contributed by atoms with van der Waals surface area (Å²) in [6, 6.07) is 10.3. The number of rotatable bonds is 6. The van der Waals surface area contributed by atoms with Gasteiger partial charge < -0.3 is 10.1 Å². The summed E-state index contributed by atoms with van der Waals surface area (Å²) in [5, 5.41) is 3.42. The monoisotopic (exact) mass is 354 g/mol. The predicted octanol–water partition coefficient (Wildman–Crippen LogP) is 2.13. The quantitative estimate of drug-likeness (QED) is 0.832. The van der Waals surface area contributed by atoms with Gasteiger partial charge in [0.1, 0.15) is 0 Å². The molecule has 1 aromatic heterocycles. The number of aromatic nitrogens is 2. The van der Waals surface area contributed by atoms with Crippen LogP contribution in [0.3, 0.4) is 0 Å². The SMILES string of the molecule is O=c1cc(CCCN2CCOCC2)nc(N[C@H]2CCc3ccccc32)[nH]1. The molecule has 0 saturated carbocycles. The highest BCUT2D eigenvalue weighted by molar-refractivity contribution is 5.40. The van der Waals surface area contributed by atoms with Crippen molar-refractivity contribution in [3.05, 3.63) is 57.5 Å². The van der Waals surface area contributed by atoms with Crippen LogP contribution in [0.4, 0.5) is 5.95 Å². The van der Waals surface area contributed by atoms with Gasteiger partial charge in [0.05, 0.1) is 19.3 Å². The maximum Gasteiger partial charge on any atom is 0.252 e. The molecule has 0 spiro atoms. The maximum absolute atomic E-state index is 12.0. The lowest BCUT2D eigenvalue weighted by atomic mass is 10.1. The molecule has 0 bridgehead atoms. The van der Waals surface area contributed by atoms with Crippen molar-refractivity contribution >= 4 is 5.95 Å². The topological polar surface area (TPSA) is 70.2 Å². The first-order valence-electron chi connectivity index (χ1n) is 9.52. The number of hydrogen-bond donors (Lipinski definition) is 2. The molecule has 1 saturated heterocycles. The van der Waals surface area contributed by atoms with Crippen LogP contribution in [0.2, 0.25) is 0 Å². The number of morpholine rings is 1. The van der Waals surface area contributed by atoms with Crippen molar-refractivity contribution in [3.63, 3.8) is 0 Å². The fourth-order valence-electron chi connectivity index (χ4n) is 3.89. The summed E-state index contributed by atoms with van der Waals surface area (Å²) in [4.78, 5) is 21.9. The molecule has 1 aliphatic carbocycles. The van der Waals surface area contributed by atoms with Crippen LogP contribution in [0.1, 0.15) is 35.7 Å². The minimum atomic E-state index is -0.0878. The molecule has 2 N–H and O–H groups in total. The minimum absolute atomic E-state index is 0.0878. The standard InChI is InChI=1S/C20H26N4O2/c25-19-14-16(5-3-9-24-10-12-26-13-11-24)21-20(23-19)22-18-8-7-15-4-1-2-6-17(15)18/h1-2,4,6,14,18H,3,5,7-13H2,(H2,21,22,23,25)/t18-/m0/s1. The van der Waals surface area contributed by atoms with Gasteiger partial charge in [0.25, 0.3) is 5.56 Å². The third-order valence-electron chi connectivity index (χ3n) is 5.25. The van der Waals surface area contributed by atoms with Crippen LogP contribution >= 0.6 is 0 Å². The Bertz CT molecular complexity index is 798. The average molecular weight is 354 g/mol. The lowest BCUT2D eigenvalue weighted by Crippen LogP contribution is -2.37. The van der Waals surface area contributed by atoms with E-state index in [0.717, 1.165) is 64.2 Å². The molecule has 6 heteroatoms. The minimum Gasteiger partial charge on any atom is -0.379 e. The summed E-state index contributed by atoms with van der Waals surface area (Å²) in [6.45, 7) is 4.66. The number of hydrogen-bond acceptors (Lipinski definition) is 5. The molecule has 1 aliphatic heterocycles. The summed E-state index contributed by atoms with van der Waals surface area (Å²) >= 11 is 0. The van der Waals surface area contributed by atoms with Crippen molar-refractivity contribution in [1.29, 1.82) is 0 Å². The zero-order valence-electron chi connectivity index (χ0n) is 15.0. The van der Waals surface area contributed by atoms with Crippen LogP contribution in [0.25, 0.3) is 0 Å². The van der Waals surface area contributed by atoms with E-state index in [2.05, 4.69) is 44.5 Å². The molecule has 4 rings (SSSR count).